The minimum absolute atomic E-state index is 0.275. The lowest BCUT2D eigenvalue weighted by molar-refractivity contribution is 0.249. The second-order valence-electron chi connectivity index (χ2n) is 6.07. The molecule has 0 aliphatic rings. The molecule has 1 unspecified atom stereocenters. The summed E-state index contributed by atoms with van der Waals surface area (Å²) in [5.41, 5.74) is 2.30. The van der Waals surface area contributed by atoms with Crippen LogP contribution in [0.25, 0.3) is 5.69 Å². The van der Waals surface area contributed by atoms with E-state index < -0.39 is 6.03 Å². The average molecular weight is 405 g/mol. The topological polar surface area (TPSA) is 78.9 Å². The van der Waals surface area contributed by atoms with Gasteiger partial charge in [-0.05, 0) is 43.7 Å². The number of anilines is 1. The molecule has 0 bridgehead atoms. The van der Waals surface area contributed by atoms with Gasteiger partial charge in [-0.25, -0.2) is 9.59 Å². The quantitative estimate of drug-likeness (QED) is 0.590. The lowest BCUT2D eigenvalue weighted by Gasteiger charge is -2.18. The van der Waals surface area contributed by atoms with E-state index in [0.29, 0.717) is 21.4 Å². The van der Waals surface area contributed by atoms with Crippen molar-refractivity contribution in [2.75, 3.05) is 5.32 Å². The number of carbonyl (C=O) groups excluding carboxylic acids is 1. The predicted octanol–water partition coefficient (Wildman–Crippen LogP) is 4.66. The molecule has 1 aromatic heterocycles. The molecule has 0 fully saturated rings. The third-order valence-corrected chi connectivity index (χ3v) is 4.69. The van der Waals surface area contributed by atoms with Gasteiger partial charge in [0.05, 0.1) is 17.4 Å². The van der Waals surface area contributed by atoms with E-state index in [0.717, 1.165) is 11.3 Å². The van der Waals surface area contributed by atoms with Crippen LogP contribution in [0.15, 0.2) is 53.5 Å². The largest absolute Gasteiger partial charge is 0.331 e. The van der Waals surface area contributed by atoms with E-state index in [1.165, 1.54) is 4.57 Å². The van der Waals surface area contributed by atoms with E-state index >= 15 is 0 Å². The van der Waals surface area contributed by atoms with E-state index in [2.05, 4.69) is 15.6 Å². The van der Waals surface area contributed by atoms with Crippen molar-refractivity contribution in [3.63, 3.8) is 0 Å². The highest BCUT2D eigenvalue weighted by atomic mass is 35.5. The van der Waals surface area contributed by atoms with E-state index in [1.807, 2.05) is 6.92 Å². The maximum Gasteiger partial charge on any atom is 0.330 e. The van der Waals surface area contributed by atoms with Crippen molar-refractivity contribution in [2.24, 2.45) is 0 Å². The third kappa shape index (κ3) is 4.18. The Bertz CT molecular complexity index is 1040. The molecule has 1 heterocycles. The number of imidazole rings is 1. The molecule has 27 heavy (non-hydrogen) atoms. The minimum atomic E-state index is -0.415. The molecule has 3 rings (SSSR count). The van der Waals surface area contributed by atoms with Crippen molar-refractivity contribution in [1.29, 1.82) is 0 Å². The van der Waals surface area contributed by atoms with Gasteiger partial charge in [0.2, 0.25) is 0 Å². The fourth-order valence-corrected chi connectivity index (χ4v) is 3.39. The highest BCUT2D eigenvalue weighted by molar-refractivity contribution is 6.35. The molecule has 140 valence electrons. The molecule has 6 nitrogen and oxygen atoms in total. The van der Waals surface area contributed by atoms with Crippen LogP contribution in [0, 0.1) is 6.92 Å². The van der Waals surface area contributed by atoms with Crippen LogP contribution >= 0.6 is 23.2 Å². The Morgan fingerprint density at radius 3 is 2.59 bits per heavy atom. The number of hydrogen-bond acceptors (Lipinski definition) is 2. The second-order valence-corrected chi connectivity index (χ2v) is 6.92. The Balaban J connectivity index is 1.80. The first-order valence-corrected chi connectivity index (χ1v) is 9.01. The fraction of sp³-hybridized carbons (Fsp3) is 0.158. The number of aromatic amines is 1. The number of carbonyl (C=O) groups is 1. The zero-order valence-electron chi connectivity index (χ0n) is 14.7. The Kier molecular flexibility index (Phi) is 5.58. The van der Waals surface area contributed by atoms with Crippen molar-refractivity contribution < 1.29 is 4.79 Å². The highest BCUT2D eigenvalue weighted by Crippen LogP contribution is 2.26. The summed E-state index contributed by atoms with van der Waals surface area (Å²) in [5, 5.41) is 6.63. The summed E-state index contributed by atoms with van der Waals surface area (Å²) in [5.74, 6) is 0. The smallest absolute Gasteiger partial charge is 0.330 e. The van der Waals surface area contributed by atoms with Gasteiger partial charge < -0.3 is 15.6 Å². The zero-order chi connectivity index (χ0) is 19.6. The summed E-state index contributed by atoms with van der Waals surface area (Å²) < 4.78 is 1.50. The first-order chi connectivity index (χ1) is 12.9. The summed E-state index contributed by atoms with van der Waals surface area (Å²) in [6, 6.07) is 11.4. The van der Waals surface area contributed by atoms with Crippen molar-refractivity contribution in [3.8, 4) is 5.69 Å². The molecule has 2 amide bonds. The number of H-pyrrole nitrogens is 1. The summed E-state index contributed by atoms with van der Waals surface area (Å²) in [6.07, 6.45) is 1.61. The van der Waals surface area contributed by atoms with Gasteiger partial charge in [-0.2, -0.15) is 0 Å². The molecule has 3 N–H and O–H groups in total. The van der Waals surface area contributed by atoms with Gasteiger partial charge >= 0.3 is 11.7 Å². The van der Waals surface area contributed by atoms with Gasteiger partial charge in [0.1, 0.15) is 0 Å². The van der Waals surface area contributed by atoms with Gasteiger partial charge in [-0.15, -0.1) is 0 Å². The van der Waals surface area contributed by atoms with Crippen molar-refractivity contribution in [3.05, 3.63) is 80.4 Å². The van der Waals surface area contributed by atoms with E-state index in [-0.39, 0.29) is 11.7 Å². The van der Waals surface area contributed by atoms with Crippen LogP contribution in [0.4, 0.5) is 10.5 Å². The summed E-state index contributed by atoms with van der Waals surface area (Å²) in [4.78, 5) is 27.2. The maximum absolute atomic E-state index is 12.5. The van der Waals surface area contributed by atoms with Gasteiger partial charge in [-0.1, -0.05) is 41.4 Å². The first kappa shape index (κ1) is 19.1. The molecule has 0 aliphatic carbocycles. The molecule has 3 aromatic rings. The maximum atomic E-state index is 12.5. The molecule has 0 saturated heterocycles. The monoisotopic (exact) mass is 404 g/mol. The van der Waals surface area contributed by atoms with Crippen molar-refractivity contribution in [1.82, 2.24) is 14.9 Å². The normalized spacial score (nSPS) is 11.9. The van der Waals surface area contributed by atoms with Crippen LogP contribution in [0.2, 0.25) is 10.0 Å². The van der Waals surface area contributed by atoms with Crippen LogP contribution in [0.5, 0.6) is 0 Å². The number of nitrogens with zero attached hydrogens (tertiary/aromatic N) is 1. The van der Waals surface area contributed by atoms with Gasteiger partial charge in [0.15, 0.2) is 0 Å². The summed E-state index contributed by atoms with van der Waals surface area (Å²) in [6.45, 7) is 3.63. The number of halogens is 2. The lowest BCUT2D eigenvalue weighted by atomic mass is 10.1. The lowest BCUT2D eigenvalue weighted by Crippen LogP contribution is -2.32. The van der Waals surface area contributed by atoms with Crippen LogP contribution in [0.1, 0.15) is 24.2 Å². The first-order valence-electron chi connectivity index (χ1n) is 8.25. The Labute approximate surface area is 166 Å². The van der Waals surface area contributed by atoms with Crippen molar-refractivity contribution >= 4 is 34.9 Å². The standard InChI is InChI=1S/C19H18Cl2N4O2/c1-11-10-22-19(27)25(11)17-6-4-3-5-16(17)24-18(26)23-12(2)14-8-7-13(20)9-15(14)21/h3-10,12H,1-2H3,(H,22,27)(H2,23,24,26). The molecular formula is C19H18Cl2N4O2. The Morgan fingerprint density at radius 2 is 1.93 bits per heavy atom. The predicted molar refractivity (Wildman–Crippen MR) is 108 cm³/mol. The van der Waals surface area contributed by atoms with Crippen LogP contribution in [-0.4, -0.2) is 15.6 Å². The highest BCUT2D eigenvalue weighted by Gasteiger charge is 2.15. The van der Waals surface area contributed by atoms with Crippen LogP contribution in [0.3, 0.4) is 0 Å². The minimum Gasteiger partial charge on any atom is -0.331 e. The van der Waals surface area contributed by atoms with Crippen LogP contribution in [-0.2, 0) is 0 Å². The number of aromatic nitrogens is 2. The number of hydrogen-bond donors (Lipinski definition) is 3. The number of nitrogens with one attached hydrogen (secondary N) is 3. The van der Waals surface area contributed by atoms with Gasteiger partial charge in [0, 0.05) is 21.9 Å². The van der Waals surface area contributed by atoms with E-state index in [9.17, 15) is 9.59 Å². The number of aryl methyl sites for hydroxylation is 1. The summed E-state index contributed by atoms with van der Waals surface area (Å²) >= 11 is 12.1. The van der Waals surface area contributed by atoms with Gasteiger partial charge in [0.25, 0.3) is 0 Å². The number of benzene rings is 2. The van der Waals surface area contributed by atoms with Crippen molar-refractivity contribution in [2.45, 2.75) is 19.9 Å². The number of urea groups is 1. The van der Waals surface area contributed by atoms with E-state index in [4.69, 9.17) is 23.2 Å². The SMILES string of the molecule is Cc1c[nH]c(=O)n1-c1ccccc1NC(=O)NC(C)c1ccc(Cl)cc1Cl. The Morgan fingerprint density at radius 1 is 1.19 bits per heavy atom. The number of para-hydroxylation sites is 2. The van der Waals surface area contributed by atoms with E-state index in [1.54, 1.807) is 55.6 Å². The summed E-state index contributed by atoms with van der Waals surface area (Å²) in [7, 11) is 0. The van der Waals surface area contributed by atoms with Crippen LogP contribution < -0.4 is 16.3 Å². The molecular weight excluding hydrogens is 387 g/mol. The number of rotatable bonds is 4. The van der Waals surface area contributed by atoms with Gasteiger partial charge in [-0.3, -0.25) is 4.57 Å². The molecule has 1 atom stereocenters. The molecule has 0 aliphatic heterocycles. The molecule has 8 heteroatoms. The molecule has 0 radical (unpaired) electrons. The molecule has 0 spiro atoms. The fourth-order valence-electron chi connectivity index (χ4n) is 2.81. The molecule has 2 aromatic carbocycles. The zero-order valence-corrected chi connectivity index (χ0v) is 16.2. The number of amides is 2. The average Bonchev–Trinajstić information content (AvgIpc) is 2.93. The second kappa shape index (κ2) is 7.90. The third-order valence-electron chi connectivity index (χ3n) is 4.13. The Hall–Kier alpha value is -2.70. The molecule has 0 saturated carbocycles.